The van der Waals surface area contributed by atoms with E-state index in [1.165, 1.54) is 24.7 Å². The van der Waals surface area contributed by atoms with Crippen molar-refractivity contribution in [2.24, 2.45) is 19.5 Å². The fourth-order valence-electron chi connectivity index (χ4n) is 3.17. The van der Waals surface area contributed by atoms with E-state index in [9.17, 15) is 14.4 Å². The Morgan fingerprint density at radius 2 is 1.92 bits per heavy atom. The van der Waals surface area contributed by atoms with Gasteiger partial charge in [-0.25, -0.2) is 9.78 Å². The molecule has 0 aromatic carbocycles. The van der Waals surface area contributed by atoms with Crippen molar-refractivity contribution < 1.29 is 4.79 Å². The number of nitrogens with one attached hydrogen (secondary N) is 2. The molecule has 2 aromatic rings. The monoisotopic (exact) mass is 345 g/mol. The lowest BCUT2D eigenvalue weighted by molar-refractivity contribution is 0.0917. The van der Waals surface area contributed by atoms with E-state index in [0.717, 1.165) is 30.5 Å². The van der Waals surface area contributed by atoms with Crippen molar-refractivity contribution >= 4 is 16.9 Å². The first kappa shape index (κ1) is 17.3. The van der Waals surface area contributed by atoms with Crippen LogP contribution >= 0.6 is 0 Å². The number of aryl methyl sites for hydroxylation is 1. The van der Waals surface area contributed by atoms with Crippen LogP contribution in [0.15, 0.2) is 21.7 Å². The summed E-state index contributed by atoms with van der Waals surface area (Å²) in [6.45, 7) is 4.63. The minimum absolute atomic E-state index is 0.0700. The average molecular weight is 345 g/mol. The molecule has 0 atom stereocenters. The van der Waals surface area contributed by atoms with Crippen LogP contribution in [0.2, 0.25) is 0 Å². The first-order chi connectivity index (χ1) is 11.8. The van der Waals surface area contributed by atoms with Gasteiger partial charge in [0.05, 0.1) is 5.39 Å². The molecule has 8 heteroatoms. The third kappa shape index (κ3) is 3.21. The Hall–Kier alpha value is -2.48. The summed E-state index contributed by atoms with van der Waals surface area (Å²) in [7, 11) is 2.96. The Morgan fingerprint density at radius 1 is 1.24 bits per heavy atom. The second-order valence-electron chi connectivity index (χ2n) is 7.02. The van der Waals surface area contributed by atoms with Crippen molar-refractivity contribution in [1.82, 2.24) is 24.8 Å². The van der Waals surface area contributed by atoms with Gasteiger partial charge in [0.1, 0.15) is 11.3 Å². The largest absolute Gasteiger partial charge is 0.350 e. The third-order valence-electron chi connectivity index (χ3n) is 5.02. The summed E-state index contributed by atoms with van der Waals surface area (Å²) in [4.78, 5) is 40.9. The number of amides is 1. The van der Waals surface area contributed by atoms with Crippen LogP contribution in [0.1, 0.15) is 30.3 Å². The van der Waals surface area contributed by atoms with E-state index in [1.807, 2.05) is 0 Å². The quantitative estimate of drug-likeness (QED) is 0.799. The van der Waals surface area contributed by atoms with Gasteiger partial charge in [-0.1, -0.05) is 6.92 Å². The van der Waals surface area contributed by atoms with Crippen molar-refractivity contribution in [3.8, 4) is 0 Å². The molecule has 0 bridgehead atoms. The first-order valence-electron chi connectivity index (χ1n) is 8.38. The minimum atomic E-state index is -0.468. The summed E-state index contributed by atoms with van der Waals surface area (Å²) in [6.07, 6.45) is 2.01. The molecule has 0 saturated carbocycles. The van der Waals surface area contributed by atoms with Gasteiger partial charge >= 0.3 is 5.69 Å². The molecule has 1 fully saturated rings. The minimum Gasteiger partial charge on any atom is -0.350 e. The number of carbonyl (C=O) groups excluding carboxylic acids is 1. The number of piperidine rings is 1. The molecule has 0 radical (unpaired) electrons. The maximum Gasteiger partial charge on any atom is 0.332 e. The molecule has 134 valence electrons. The molecular formula is C17H23N5O3. The summed E-state index contributed by atoms with van der Waals surface area (Å²) >= 11 is 0. The van der Waals surface area contributed by atoms with Gasteiger partial charge in [0.2, 0.25) is 0 Å². The Morgan fingerprint density at radius 3 is 2.60 bits per heavy atom. The number of nitrogens with zero attached hydrogens (tertiary/aromatic N) is 3. The second kappa shape index (κ2) is 6.44. The third-order valence-corrected chi connectivity index (χ3v) is 5.02. The molecule has 1 saturated heterocycles. The molecule has 1 aliphatic heterocycles. The number of aromatic nitrogens is 3. The summed E-state index contributed by atoms with van der Waals surface area (Å²) in [5, 5.41) is 6.56. The SMILES string of the molecule is Cn1c(=O)c2ccc(C(=O)NCC3(C)CCNCC3)nc2n(C)c1=O. The highest BCUT2D eigenvalue weighted by molar-refractivity contribution is 5.94. The Bertz CT molecular complexity index is 938. The highest BCUT2D eigenvalue weighted by Gasteiger charge is 2.27. The van der Waals surface area contributed by atoms with Gasteiger partial charge in [-0.05, 0) is 43.5 Å². The zero-order valence-corrected chi connectivity index (χ0v) is 14.8. The maximum atomic E-state index is 12.5. The van der Waals surface area contributed by atoms with Crippen molar-refractivity contribution in [3.63, 3.8) is 0 Å². The number of hydrogen-bond donors (Lipinski definition) is 2. The van der Waals surface area contributed by atoms with Crippen LogP contribution in [0.4, 0.5) is 0 Å². The topological polar surface area (TPSA) is 98.0 Å². The predicted octanol–water partition coefficient (Wildman–Crippen LogP) is -0.248. The van der Waals surface area contributed by atoms with E-state index in [4.69, 9.17) is 0 Å². The zero-order chi connectivity index (χ0) is 18.2. The van der Waals surface area contributed by atoms with Gasteiger partial charge in [0, 0.05) is 20.6 Å². The van der Waals surface area contributed by atoms with Crippen LogP contribution in [-0.4, -0.2) is 39.7 Å². The summed E-state index contributed by atoms with van der Waals surface area (Å²) in [6, 6.07) is 3.07. The standard InChI is InChI=1S/C17H23N5O3/c1-17(6-8-18-9-7-17)10-19-14(23)12-5-4-11-13(20-12)21(2)16(25)22(3)15(11)24/h4-5,18H,6-10H2,1-3H3,(H,19,23). The van der Waals surface area contributed by atoms with Gasteiger partial charge in [-0.15, -0.1) is 0 Å². The molecule has 25 heavy (non-hydrogen) atoms. The zero-order valence-electron chi connectivity index (χ0n) is 14.8. The smallest absolute Gasteiger partial charge is 0.332 e. The summed E-state index contributed by atoms with van der Waals surface area (Å²) in [5.41, 5.74) is -0.396. The van der Waals surface area contributed by atoms with Crippen LogP contribution in [-0.2, 0) is 14.1 Å². The highest BCUT2D eigenvalue weighted by atomic mass is 16.2. The van der Waals surface area contributed by atoms with E-state index in [2.05, 4.69) is 22.5 Å². The Labute approximate surface area is 144 Å². The fourth-order valence-corrected chi connectivity index (χ4v) is 3.17. The Balaban J connectivity index is 1.87. The van der Waals surface area contributed by atoms with Crippen LogP contribution in [0, 0.1) is 5.41 Å². The van der Waals surface area contributed by atoms with Gasteiger partial charge in [-0.3, -0.25) is 18.7 Å². The average Bonchev–Trinajstić information content (AvgIpc) is 2.63. The summed E-state index contributed by atoms with van der Waals surface area (Å²) < 4.78 is 2.31. The predicted molar refractivity (Wildman–Crippen MR) is 94.8 cm³/mol. The molecule has 1 aliphatic rings. The van der Waals surface area contributed by atoms with Crippen LogP contribution in [0.3, 0.4) is 0 Å². The fraction of sp³-hybridized carbons (Fsp3) is 0.529. The molecular weight excluding hydrogens is 322 g/mol. The molecule has 0 aliphatic carbocycles. The second-order valence-corrected chi connectivity index (χ2v) is 7.02. The lowest BCUT2D eigenvalue weighted by atomic mass is 9.81. The van der Waals surface area contributed by atoms with Crippen molar-refractivity contribution in [3.05, 3.63) is 38.7 Å². The van der Waals surface area contributed by atoms with E-state index >= 15 is 0 Å². The van der Waals surface area contributed by atoms with Crippen LogP contribution in [0.25, 0.3) is 11.0 Å². The van der Waals surface area contributed by atoms with Crippen molar-refractivity contribution in [2.45, 2.75) is 19.8 Å². The number of pyridine rings is 1. The summed E-state index contributed by atoms with van der Waals surface area (Å²) in [5.74, 6) is -0.296. The normalized spacial score (nSPS) is 16.8. The van der Waals surface area contributed by atoms with Crippen molar-refractivity contribution in [1.29, 1.82) is 0 Å². The van der Waals surface area contributed by atoms with Crippen LogP contribution < -0.4 is 21.9 Å². The molecule has 8 nitrogen and oxygen atoms in total. The van der Waals surface area contributed by atoms with Crippen molar-refractivity contribution in [2.75, 3.05) is 19.6 Å². The molecule has 0 spiro atoms. The Kier molecular flexibility index (Phi) is 4.47. The molecule has 2 aromatic heterocycles. The molecule has 1 amide bonds. The molecule has 3 rings (SSSR count). The van der Waals surface area contributed by atoms with Crippen LogP contribution in [0.5, 0.6) is 0 Å². The number of fused-ring (bicyclic) bond motifs is 1. The van der Waals surface area contributed by atoms with Gasteiger partial charge in [-0.2, -0.15) is 0 Å². The lowest BCUT2D eigenvalue weighted by Crippen LogP contribution is -2.43. The lowest BCUT2D eigenvalue weighted by Gasteiger charge is -2.34. The molecule has 3 heterocycles. The first-order valence-corrected chi connectivity index (χ1v) is 8.38. The number of rotatable bonds is 3. The highest BCUT2D eigenvalue weighted by Crippen LogP contribution is 2.26. The molecule has 0 unspecified atom stereocenters. The maximum absolute atomic E-state index is 12.5. The van der Waals surface area contributed by atoms with E-state index in [-0.39, 0.29) is 22.7 Å². The number of carbonyl (C=O) groups is 1. The van der Waals surface area contributed by atoms with E-state index < -0.39 is 11.2 Å². The number of hydrogen-bond acceptors (Lipinski definition) is 5. The molecule has 2 N–H and O–H groups in total. The van der Waals surface area contributed by atoms with Gasteiger partial charge < -0.3 is 10.6 Å². The van der Waals surface area contributed by atoms with E-state index in [0.29, 0.717) is 11.9 Å². The van der Waals surface area contributed by atoms with E-state index in [1.54, 1.807) is 6.07 Å². The van der Waals surface area contributed by atoms with Gasteiger partial charge in [0.15, 0.2) is 0 Å². The van der Waals surface area contributed by atoms with Gasteiger partial charge in [0.25, 0.3) is 11.5 Å².